The number of unbranched alkanes of at least 4 members (excludes halogenated alkanes) is 1. The Morgan fingerprint density at radius 2 is 1.89 bits per heavy atom. The summed E-state index contributed by atoms with van der Waals surface area (Å²) in [5, 5.41) is 19.4. The summed E-state index contributed by atoms with van der Waals surface area (Å²) in [5.41, 5.74) is -0.876. The number of benzene rings is 1. The summed E-state index contributed by atoms with van der Waals surface area (Å²) in [6.07, 6.45) is 1.65. The lowest BCUT2D eigenvalue weighted by molar-refractivity contribution is -0.148. The predicted octanol–water partition coefficient (Wildman–Crippen LogP) is 4.70. The highest BCUT2D eigenvalue weighted by atomic mass is 19.4. The molecule has 0 radical (unpaired) electrons. The lowest BCUT2D eigenvalue weighted by Gasteiger charge is -2.22. The highest BCUT2D eigenvalue weighted by Crippen LogP contribution is 2.38. The normalized spacial score (nSPS) is 22.5. The van der Waals surface area contributed by atoms with Gasteiger partial charge in [-0.2, -0.15) is 13.2 Å². The fraction of sp³-hybridized carbons (Fsp3) is 0.519. The van der Waals surface area contributed by atoms with Crippen molar-refractivity contribution < 1.29 is 52.0 Å². The molecule has 0 unspecified atom stereocenters. The summed E-state index contributed by atoms with van der Waals surface area (Å²) >= 11 is 0. The quantitative estimate of drug-likeness (QED) is 0.209. The minimum atomic E-state index is -4.54. The van der Waals surface area contributed by atoms with Crippen LogP contribution in [0.2, 0.25) is 0 Å². The number of carbonyl (C=O) groups excluding carboxylic acids is 2. The molecule has 0 saturated heterocycles. The number of aliphatic hydroxyl groups excluding tert-OH is 1. The number of hydrogen-bond acceptors (Lipinski definition) is 7. The summed E-state index contributed by atoms with van der Waals surface area (Å²) in [6.45, 7) is 2.20. The van der Waals surface area contributed by atoms with Crippen LogP contribution in [0.15, 0.2) is 48.6 Å². The van der Waals surface area contributed by atoms with E-state index in [1.807, 2.05) is 12.2 Å². The fourth-order valence-electron chi connectivity index (χ4n) is 4.31. The molecule has 0 spiro atoms. The van der Waals surface area contributed by atoms with E-state index in [0.717, 1.165) is 12.1 Å². The van der Waals surface area contributed by atoms with Gasteiger partial charge in [0.15, 0.2) is 6.10 Å². The molecule has 5 atom stereocenters. The van der Waals surface area contributed by atoms with E-state index in [4.69, 9.17) is 19.3 Å². The molecule has 1 aromatic carbocycles. The topological polar surface area (TPSA) is 119 Å². The Kier molecular flexibility index (Phi) is 11.8. The summed E-state index contributed by atoms with van der Waals surface area (Å²) in [5.74, 6) is -2.82. The van der Waals surface area contributed by atoms with Crippen molar-refractivity contribution in [2.75, 3.05) is 6.61 Å². The largest absolute Gasteiger partial charge is 0.489 e. The van der Waals surface area contributed by atoms with Crippen LogP contribution in [0.1, 0.15) is 51.5 Å². The van der Waals surface area contributed by atoms with E-state index in [-0.39, 0.29) is 31.1 Å². The van der Waals surface area contributed by atoms with E-state index < -0.39 is 53.9 Å². The Labute approximate surface area is 219 Å². The van der Waals surface area contributed by atoms with Crippen molar-refractivity contribution in [3.8, 4) is 5.75 Å². The SMILES string of the molecule is CC(=O)O[C@H](/C=C/[C@@H]1[C@@H](C/C=C\CCCC(=O)O)[C@@H](OC(C)=O)C[C@H]1O)COc1cccc(C(F)(F)F)c1. The van der Waals surface area contributed by atoms with Gasteiger partial charge >= 0.3 is 24.1 Å². The van der Waals surface area contributed by atoms with Crippen LogP contribution in [0, 0.1) is 11.8 Å². The lowest BCUT2D eigenvalue weighted by Crippen LogP contribution is -2.25. The summed E-state index contributed by atoms with van der Waals surface area (Å²) in [7, 11) is 0. The Morgan fingerprint density at radius 1 is 1.16 bits per heavy atom. The lowest BCUT2D eigenvalue weighted by atomic mass is 9.89. The average molecular weight is 543 g/mol. The van der Waals surface area contributed by atoms with Crippen LogP contribution in [0.3, 0.4) is 0 Å². The molecular weight excluding hydrogens is 509 g/mol. The third kappa shape index (κ3) is 10.6. The average Bonchev–Trinajstić information content (AvgIpc) is 3.10. The van der Waals surface area contributed by atoms with Gasteiger partial charge in [-0.25, -0.2) is 0 Å². The van der Waals surface area contributed by atoms with Crippen LogP contribution in [0.25, 0.3) is 0 Å². The molecule has 2 rings (SSSR count). The molecule has 0 heterocycles. The maximum Gasteiger partial charge on any atom is 0.416 e. The van der Waals surface area contributed by atoms with Crippen molar-refractivity contribution in [3.63, 3.8) is 0 Å². The molecule has 1 aromatic rings. The van der Waals surface area contributed by atoms with Gasteiger partial charge in [-0.15, -0.1) is 0 Å². The molecule has 1 aliphatic rings. The predicted molar refractivity (Wildman–Crippen MR) is 130 cm³/mol. The molecule has 8 nitrogen and oxygen atoms in total. The van der Waals surface area contributed by atoms with Crippen molar-refractivity contribution in [2.45, 2.75) is 70.4 Å². The Balaban J connectivity index is 2.12. The Bertz CT molecular complexity index is 1000. The molecule has 1 fully saturated rings. The number of halogens is 3. The van der Waals surface area contributed by atoms with E-state index in [1.165, 1.54) is 32.1 Å². The van der Waals surface area contributed by atoms with Crippen molar-refractivity contribution in [2.24, 2.45) is 11.8 Å². The van der Waals surface area contributed by atoms with Gasteiger partial charge in [-0.3, -0.25) is 14.4 Å². The number of allylic oxidation sites excluding steroid dienone is 2. The van der Waals surface area contributed by atoms with Crippen LogP contribution in [0.4, 0.5) is 13.2 Å². The number of rotatable bonds is 13. The summed E-state index contributed by atoms with van der Waals surface area (Å²) in [4.78, 5) is 33.8. The van der Waals surface area contributed by atoms with Gasteiger partial charge in [0.25, 0.3) is 0 Å². The molecule has 0 aliphatic heterocycles. The van der Waals surface area contributed by atoms with Crippen LogP contribution in [-0.4, -0.2) is 53.0 Å². The standard InChI is InChI=1S/C27H33F3O8/c1-17(31)37-21(16-36-20-9-7-8-19(14-20)27(28,29)30)12-13-22-23(10-5-3-4-6-11-26(34)35)25(15-24(22)33)38-18(2)32/h3,5,7-9,12-14,21-25,33H,4,6,10-11,15-16H2,1-2H3,(H,34,35)/b5-3-,13-12+/t21-,22-,23-,24-,25+/m1/s1. The van der Waals surface area contributed by atoms with E-state index in [1.54, 1.807) is 6.08 Å². The minimum Gasteiger partial charge on any atom is -0.489 e. The first kappa shape index (κ1) is 30.9. The molecule has 0 bridgehead atoms. The van der Waals surface area contributed by atoms with Crippen molar-refractivity contribution in [3.05, 3.63) is 54.1 Å². The fourth-order valence-corrected chi connectivity index (χ4v) is 4.31. The number of carbonyl (C=O) groups is 3. The highest BCUT2D eigenvalue weighted by molar-refractivity contribution is 5.67. The van der Waals surface area contributed by atoms with E-state index >= 15 is 0 Å². The zero-order valence-electron chi connectivity index (χ0n) is 21.2. The maximum absolute atomic E-state index is 13.0. The van der Waals surface area contributed by atoms with Crippen LogP contribution < -0.4 is 4.74 Å². The van der Waals surface area contributed by atoms with E-state index in [9.17, 15) is 32.7 Å². The van der Waals surface area contributed by atoms with Crippen molar-refractivity contribution in [1.82, 2.24) is 0 Å². The zero-order chi connectivity index (χ0) is 28.3. The van der Waals surface area contributed by atoms with Gasteiger partial charge in [-0.1, -0.05) is 24.3 Å². The Hall–Kier alpha value is -3.34. The van der Waals surface area contributed by atoms with Crippen molar-refractivity contribution in [1.29, 1.82) is 0 Å². The number of alkyl halides is 3. The van der Waals surface area contributed by atoms with Crippen LogP contribution in [-0.2, 0) is 30.0 Å². The second-order valence-electron chi connectivity index (χ2n) is 9.05. The van der Waals surface area contributed by atoms with Gasteiger partial charge in [0, 0.05) is 38.5 Å². The molecule has 210 valence electrons. The first-order valence-electron chi connectivity index (χ1n) is 12.2. The monoisotopic (exact) mass is 542 g/mol. The molecule has 2 N–H and O–H groups in total. The number of carboxylic acids is 1. The zero-order valence-corrected chi connectivity index (χ0v) is 21.2. The Morgan fingerprint density at radius 3 is 2.53 bits per heavy atom. The molecule has 11 heteroatoms. The number of esters is 2. The third-order valence-corrected chi connectivity index (χ3v) is 5.98. The first-order chi connectivity index (χ1) is 17.9. The third-order valence-electron chi connectivity index (χ3n) is 5.98. The van der Waals surface area contributed by atoms with Gasteiger partial charge in [0.1, 0.15) is 18.5 Å². The molecule has 1 saturated carbocycles. The van der Waals surface area contributed by atoms with Gasteiger partial charge < -0.3 is 24.4 Å². The molecule has 1 aliphatic carbocycles. The number of ether oxygens (including phenoxy) is 3. The summed E-state index contributed by atoms with van der Waals surface area (Å²) < 4.78 is 55.0. The maximum atomic E-state index is 13.0. The first-order valence-corrected chi connectivity index (χ1v) is 12.2. The van der Waals surface area contributed by atoms with Gasteiger partial charge in [0.05, 0.1) is 11.7 Å². The van der Waals surface area contributed by atoms with Crippen molar-refractivity contribution >= 4 is 17.9 Å². The highest BCUT2D eigenvalue weighted by Gasteiger charge is 2.42. The molecular formula is C27H33F3O8. The van der Waals surface area contributed by atoms with E-state index in [2.05, 4.69) is 0 Å². The number of carboxylic acid groups (broad SMARTS) is 1. The number of hydrogen-bond donors (Lipinski definition) is 2. The molecule has 0 aromatic heterocycles. The second kappa shape index (κ2) is 14.6. The smallest absolute Gasteiger partial charge is 0.416 e. The van der Waals surface area contributed by atoms with E-state index in [0.29, 0.717) is 19.3 Å². The van der Waals surface area contributed by atoms with Gasteiger partial charge in [-0.05, 0) is 43.5 Å². The minimum absolute atomic E-state index is 0.0490. The molecule has 0 amide bonds. The molecule has 38 heavy (non-hydrogen) atoms. The van der Waals surface area contributed by atoms with Gasteiger partial charge in [0.2, 0.25) is 0 Å². The van der Waals surface area contributed by atoms with Crippen LogP contribution >= 0.6 is 0 Å². The van der Waals surface area contributed by atoms with Crippen LogP contribution in [0.5, 0.6) is 5.75 Å². The summed E-state index contributed by atoms with van der Waals surface area (Å²) in [6, 6.07) is 4.32. The number of aliphatic hydroxyl groups is 1. The number of aliphatic carboxylic acids is 1. The second-order valence-corrected chi connectivity index (χ2v) is 9.05.